The third-order valence-corrected chi connectivity index (χ3v) is 3.83. The maximum absolute atomic E-state index is 9.84. The van der Waals surface area contributed by atoms with Crippen molar-refractivity contribution in [1.82, 2.24) is 0 Å². The maximum Gasteiger partial charge on any atom is 0.0812 e. The molecule has 0 aromatic heterocycles. The second-order valence-corrected chi connectivity index (χ2v) is 5.44. The molecule has 124 valence electrons. The minimum atomic E-state index is -0.870. The predicted molar refractivity (Wildman–Crippen MR) is 96.6 cm³/mol. The lowest BCUT2D eigenvalue weighted by Crippen LogP contribution is -2.17. The molecule has 0 aliphatic carbocycles. The third-order valence-electron chi connectivity index (χ3n) is 3.83. The average molecular weight is 316 g/mol. The van der Waals surface area contributed by atoms with Crippen molar-refractivity contribution in [3.8, 4) is 11.1 Å². The number of nitrogens with two attached hydrogens (primary N) is 2. The summed E-state index contributed by atoms with van der Waals surface area (Å²) in [5.41, 5.74) is 17.6. The molecule has 0 heterocycles. The minimum absolute atomic E-state index is 0.255. The van der Waals surface area contributed by atoms with Gasteiger partial charge in [-0.1, -0.05) is 0 Å². The predicted octanol–water partition coefficient (Wildman–Crippen LogP) is 1.50. The quantitative estimate of drug-likeness (QED) is 0.450. The van der Waals surface area contributed by atoms with Crippen molar-refractivity contribution in [3.05, 3.63) is 35.9 Å². The molecule has 0 bridgehead atoms. The highest BCUT2D eigenvalue weighted by Gasteiger charge is 2.16. The standard InChI is InChI=1S/C17H24N4O2/c1-20-11-3-4-17(21-2)15(7-11)13-5-10(18)6-16(19)14(13)8-12(23)9-22/h3-7,12,20-23H,8-9,18-19H2,1-2H3. The summed E-state index contributed by atoms with van der Waals surface area (Å²) in [6.07, 6.45) is -0.615. The fourth-order valence-electron chi connectivity index (χ4n) is 2.63. The zero-order valence-electron chi connectivity index (χ0n) is 13.4. The molecule has 2 aromatic rings. The first-order chi connectivity index (χ1) is 11.0. The van der Waals surface area contributed by atoms with Gasteiger partial charge in [-0.05, 0) is 41.5 Å². The monoisotopic (exact) mass is 316 g/mol. The molecule has 6 nitrogen and oxygen atoms in total. The largest absolute Gasteiger partial charge is 0.399 e. The van der Waals surface area contributed by atoms with Gasteiger partial charge in [0, 0.05) is 48.8 Å². The summed E-state index contributed by atoms with van der Waals surface area (Å²) in [5, 5.41) is 25.3. The molecule has 2 aromatic carbocycles. The van der Waals surface area contributed by atoms with Crippen LogP contribution in [0, 0.1) is 0 Å². The van der Waals surface area contributed by atoms with E-state index in [1.54, 1.807) is 6.07 Å². The van der Waals surface area contributed by atoms with Crippen molar-refractivity contribution >= 4 is 22.7 Å². The molecule has 0 aliphatic rings. The van der Waals surface area contributed by atoms with Gasteiger partial charge in [-0.15, -0.1) is 0 Å². The van der Waals surface area contributed by atoms with Crippen molar-refractivity contribution in [2.45, 2.75) is 12.5 Å². The first-order valence-electron chi connectivity index (χ1n) is 7.46. The van der Waals surface area contributed by atoms with E-state index >= 15 is 0 Å². The Morgan fingerprint density at radius 1 is 1.04 bits per heavy atom. The summed E-state index contributed by atoms with van der Waals surface area (Å²) in [5.74, 6) is 0. The fraction of sp³-hybridized carbons (Fsp3) is 0.294. The Morgan fingerprint density at radius 2 is 1.78 bits per heavy atom. The molecule has 1 atom stereocenters. The molecule has 0 fully saturated rings. The number of rotatable bonds is 6. The summed E-state index contributed by atoms with van der Waals surface area (Å²) < 4.78 is 0. The zero-order chi connectivity index (χ0) is 17.0. The summed E-state index contributed by atoms with van der Waals surface area (Å²) in [4.78, 5) is 0. The van der Waals surface area contributed by atoms with Gasteiger partial charge in [-0.3, -0.25) is 0 Å². The highest BCUT2D eigenvalue weighted by atomic mass is 16.3. The number of hydrogen-bond acceptors (Lipinski definition) is 6. The molecule has 6 heteroatoms. The molecular formula is C17H24N4O2. The summed E-state index contributed by atoms with van der Waals surface area (Å²) in [6.45, 7) is -0.321. The molecule has 0 saturated heterocycles. The minimum Gasteiger partial charge on any atom is -0.399 e. The molecule has 0 radical (unpaired) electrons. The van der Waals surface area contributed by atoms with Crippen LogP contribution in [0.4, 0.5) is 22.7 Å². The molecule has 8 N–H and O–H groups in total. The van der Waals surface area contributed by atoms with Gasteiger partial charge < -0.3 is 32.3 Å². The second kappa shape index (κ2) is 7.21. The van der Waals surface area contributed by atoms with E-state index < -0.39 is 6.10 Å². The maximum atomic E-state index is 9.84. The van der Waals surface area contributed by atoms with E-state index in [0.717, 1.165) is 28.1 Å². The van der Waals surface area contributed by atoms with E-state index in [-0.39, 0.29) is 13.0 Å². The smallest absolute Gasteiger partial charge is 0.0812 e. The Labute approximate surface area is 136 Å². The van der Waals surface area contributed by atoms with E-state index in [4.69, 9.17) is 16.6 Å². The van der Waals surface area contributed by atoms with Crippen LogP contribution >= 0.6 is 0 Å². The molecule has 2 rings (SSSR count). The van der Waals surface area contributed by atoms with Crippen molar-refractivity contribution in [3.63, 3.8) is 0 Å². The zero-order valence-corrected chi connectivity index (χ0v) is 13.4. The van der Waals surface area contributed by atoms with E-state index in [1.807, 2.05) is 38.4 Å². The van der Waals surface area contributed by atoms with Gasteiger partial charge in [0.1, 0.15) is 0 Å². The Morgan fingerprint density at radius 3 is 2.39 bits per heavy atom. The summed E-state index contributed by atoms with van der Waals surface area (Å²) in [6, 6.07) is 9.43. The van der Waals surface area contributed by atoms with Crippen LogP contribution in [0.2, 0.25) is 0 Å². The number of nitrogens with one attached hydrogen (secondary N) is 2. The Hall–Kier alpha value is -2.44. The first kappa shape index (κ1) is 16.9. The SMILES string of the molecule is CNc1ccc(NC)c(-c2cc(N)cc(N)c2CC(O)CO)c1. The van der Waals surface area contributed by atoms with Gasteiger partial charge in [0.05, 0.1) is 12.7 Å². The fourth-order valence-corrected chi connectivity index (χ4v) is 2.63. The highest BCUT2D eigenvalue weighted by Crippen LogP contribution is 2.37. The van der Waals surface area contributed by atoms with Crippen LogP contribution in [0.1, 0.15) is 5.56 Å². The Balaban J connectivity index is 2.66. The molecule has 0 aliphatic heterocycles. The lowest BCUT2D eigenvalue weighted by atomic mass is 9.92. The van der Waals surface area contributed by atoms with Crippen LogP contribution < -0.4 is 22.1 Å². The second-order valence-electron chi connectivity index (χ2n) is 5.44. The van der Waals surface area contributed by atoms with Gasteiger partial charge >= 0.3 is 0 Å². The number of aliphatic hydroxyl groups is 2. The van der Waals surface area contributed by atoms with Gasteiger partial charge in [0.2, 0.25) is 0 Å². The number of aliphatic hydroxyl groups excluding tert-OH is 2. The first-order valence-corrected chi connectivity index (χ1v) is 7.46. The molecule has 0 spiro atoms. The van der Waals surface area contributed by atoms with E-state index in [9.17, 15) is 5.11 Å². The highest BCUT2D eigenvalue weighted by molar-refractivity contribution is 5.87. The summed E-state index contributed by atoms with van der Waals surface area (Å²) in [7, 11) is 3.69. The van der Waals surface area contributed by atoms with E-state index in [0.29, 0.717) is 11.4 Å². The van der Waals surface area contributed by atoms with Crippen LogP contribution in [-0.2, 0) is 6.42 Å². The molecule has 23 heavy (non-hydrogen) atoms. The lowest BCUT2D eigenvalue weighted by molar-refractivity contribution is 0.0957. The molecular weight excluding hydrogens is 292 g/mol. The molecule has 0 saturated carbocycles. The third kappa shape index (κ3) is 3.67. The van der Waals surface area contributed by atoms with Crippen LogP contribution in [0.15, 0.2) is 30.3 Å². The van der Waals surface area contributed by atoms with E-state index in [1.165, 1.54) is 0 Å². The van der Waals surface area contributed by atoms with Gasteiger partial charge in [0.15, 0.2) is 0 Å². The normalized spacial score (nSPS) is 12.0. The number of anilines is 4. The summed E-state index contributed by atoms with van der Waals surface area (Å²) >= 11 is 0. The molecule has 0 amide bonds. The van der Waals surface area contributed by atoms with Crippen LogP contribution in [0.5, 0.6) is 0 Å². The Kier molecular flexibility index (Phi) is 5.31. The van der Waals surface area contributed by atoms with Crippen molar-refractivity contribution in [2.24, 2.45) is 0 Å². The van der Waals surface area contributed by atoms with Gasteiger partial charge in [-0.25, -0.2) is 0 Å². The topological polar surface area (TPSA) is 117 Å². The van der Waals surface area contributed by atoms with Gasteiger partial charge in [0.25, 0.3) is 0 Å². The number of nitrogen functional groups attached to an aromatic ring is 2. The number of benzene rings is 2. The van der Waals surface area contributed by atoms with Crippen molar-refractivity contribution in [2.75, 3.05) is 42.8 Å². The lowest BCUT2D eigenvalue weighted by Gasteiger charge is -2.19. The van der Waals surface area contributed by atoms with Crippen molar-refractivity contribution in [1.29, 1.82) is 0 Å². The van der Waals surface area contributed by atoms with Crippen LogP contribution in [0.25, 0.3) is 11.1 Å². The van der Waals surface area contributed by atoms with Crippen LogP contribution in [0.3, 0.4) is 0 Å². The van der Waals surface area contributed by atoms with Crippen LogP contribution in [-0.4, -0.2) is 37.0 Å². The van der Waals surface area contributed by atoms with E-state index in [2.05, 4.69) is 10.6 Å². The van der Waals surface area contributed by atoms with Gasteiger partial charge in [-0.2, -0.15) is 0 Å². The average Bonchev–Trinajstić information content (AvgIpc) is 2.56. The Bertz CT molecular complexity index is 689. The number of hydrogen-bond donors (Lipinski definition) is 6. The van der Waals surface area contributed by atoms with Crippen molar-refractivity contribution < 1.29 is 10.2 Å². The molecule has 1 unspecified atom stereocenters.